The van der Waals surface area contributed by atoms with E-state index in [0.29, 0.717) is 0 Å². The molecule has 0 aromatic heterocycles. The van der Waals surface area contributed by atoms with Gasteiger partial charge in [0.25, 0.3) is 0 Å². The first-order valence-corrected chi connectivity index (χ1v) is 0. The summed E-state index contributed by atoms with van der Waals surface area (Å²) in [6.07, 6.45) is 0. The van der Waals surface area contributed by atoms with E-state index in [0.717, 1.165) is 0 Å². The van der Waals surface area contributed by atoms with Crippen LogP contribution in [-0.4, -0.2) is 0 Å². The standard InChI is InChI=1S/Ar.La.Li.Nb.O/q;+3;+1;+5;-2. The molecule has 0 unspecified atom stereocenters. The fourth-order valence-corrected chi connectivity index (χ4v) is 0. The van der Waals surface area contributed by atoms with Crippen LogP contribution in [0.4, 0.5) is 0 Å². The summed E-state index contributed by atoms with van der Waals surface area (Å²) in [4.78, 5) is 0. The Labute approximate surface area is 117 Å². The molecule has 0 rings (SSSR count). The molecule has 0 aromatic carbocycles. The Morgan fingerprint density at radius 2 is 1.00 bits per heavy atom. The van der Waals surface area contributed by atoms with E-state index >= 15 is 0 Å². The molecule has 5 heavy (non-hydrogen) atoms. The van der Waals surface area contributed by atoms with Gasteiger partial charge in [0.1, 0.15) is 0 Å². The summed E-state index contributed by atoms with van der Waals surface area (Å²) in [5.74, 6) is 0. The third-order valence-electron chi connectivity index (χ3n) is 0. The van der Waals surface area contributed by atoms with Gasteiger partial charge in [0.05, 0.1) is 0 Å². The summed E-state index contributed by atoms with van der Waals surface area (Å²) < 4.78 is 0. The fourth-order valence-electron chi connectivity index (χ4n) is 0. The predicted molar refractivity (Wildman–Crippen MR) is 0.686 cm³/mol. The van der Waals surface area contributed by atoms with Gasteiger partial charge in [0.15, 0.2) is 0 Å². The Bertz CT molecular complexity index is 11.6. The zero-order chi connectivity index (χ0) is 0. The minimum atomic E-state index is 0. The van der Waals surface area contributed by atoms with Crippen LogP contribution >= 0.6 is 0 Å². The normalized spacial score (nSPS) is 0. The number of hydrogen-bond acceptors (Lipinski definition) is 0. The van der Waals surface area contributed by atoms with Gasteiger partial charge >= 0.3 is 76.8 Å². The second-order valence-corrected chi connectivity index (χ2v) is 0. The van der Waals surface area contributed by atoms with Crippen molar-refractivity contribution in [1.29, 1.82) is 0 Å². The molecule has 5 heteroatoms. The van der Waals surface area contributed by atoms with Gasteiger partial charge in [-0.05, 0) is 0 Å². The van der Waals surface area contributed by atoms with E-state index < -0.39 is 0 Å². The maximum absolute atomic E-state index is 0. The van der Waals surface area contributed by atoms with E-state index in [4.69, 9.17) is 0 Å². The molecule has 0 atom stereocenters. The van der Waals surface area contributed by atoms with Crippen molar-refractivity contribution in [2.75, 3.05) is 0 Å². The van der Waals surface area contributed by atoms with Gasteiger partial charge in [-0.25, -0.2) is 0 Å². The molecule has 0 bridgehead atoms. The second-order valence-electron chi connectivity index (χ2n) is 0. The van der Waals surface area contributed by atoms with Crippen LogP contribution in [0, 0.1) is 73.3 Å². The van der Waals surface area contributed by atoms with E-state index in [-0.39, 0.29) is 120 Å². The Balaban J connectivity index is 0. The molecule has 0 saturated carbocycles. The molecule has 0 aliphatic heterocycles. The first-order chi connectivity index (χ1) is 0. The summed E-state index contributed by atoms with van der Waals surface area (Å²) in [7, 11) is 0. The van der Waals surface area contributed by atoms with Gasteiger partial charge in [-0.1, -0.05) is 0 Å². The molecule has 0 aliphatic rings. The van der Waals surface area contributed by atoms with Crippen molar-refractivity contribution in [2.45, 2.75) is 0 Å². The first kappa shape index (κ1) is 37.4. The number of hydrogen-bond donors (Lipinski definition) is 0. The van der Waals surface area contributed by atoms with Crippen molar-refractivity contribution in [3.8, 4) is 0 Å². The monoisotopic (exact) mass is 295 g/mol. The van der Waals surface area contributed by atoms with E-state index in [9.17, 15) is 0 Å². The van der Waals surface area contributed by atoms with Crippen LogP contribution in [-0.2, 0) is 27.9 Å². The van der Waals surface area contributed by atoms with Gasteiger partial charge < -0.3 is 5.48 Å². The minimum Gasteiger partial charge on any atom is -2.00 e. The van der Waals surface area contributed by atoms with Crippen molar-refractivity contribution < 1.29 is 120 Å². The van der Waals surface area contributed by atoms with E-state index in [1.165, 1.54) is 0 Å². The molecule has 0 heterocycles. The van der Waals surface area contributed by atoms with E-state index in [1.807, 2.05) is 0 Å². The third-order valence-corrected chi connectivity index (χ3v) is 0. The van der Waals surface area contributed by atoms with Crippen LogP contribution in [0.2, 0.25) is 0 Å². The molecule has 0 aliphatic carbocycles. The Morgan fingerprint density at radius 1 is 1.00 bits per heavy atom. The topological polar surface area (TPSA) is 28.5 Å². The van der Waals surface area contributed by atoms with Crippen LogP contribution in [0.5, 0.6) is 0 Å². The first-order valence-electron chi connectivity index (χ1n) is 0. The molecule has 0 fully saturated rings. The summed E-state index contributed by atoms with van der Waals surface area (Å²) in [5.41, 5.74) is 0. The van der Waals surface area contributed by atoms with Crippen LogP contribution in [0.3, 0.4) is 0 Å². The van der Waals surface area contributed by atoms with Crippen LogP contribution in [0.1, 0.15) is 0 Å². The number of rotatable bonds is 0. The van der Waals surface area contributed by atoms with E-state index in [2.05, 4.69) is 0 Å². The van der Waals surface area contributed by atoms with Crippen LogP contribution in [0.15, 0.2) is 0 Å². The molecule has 0 N–H and O–H groups in total. The summed E-state index contributed by atoms with van der Waals surface area (Å²) in [6, 6.07) is 0. The molecule has 0 aromatic rings. The molecular weight excluding hydrogens is 295 g/mol. The fraction of sp³-hybridized carbons (Fsp3) is 0. The Hall–Kier alpha value is 3.75. The van der Waals surface area contributed by atoms with Gasteiger partial charge in [-0.2, -0.15) is 0 Å². The largest absolute Gasteiger partial charge is 5.00 e. The molecule has 0 spiro atoms. The molecule has 0 radical (unpaired) electrons. The SMILES string of the molecule is [Ar].[La+3].[Li+].[Nb+5].[O-2]. The van der Waals surface area contributed by atoms with Crippen molar-refractivity contribution in [2.24, 2.45) is 0 Å². The zero-order valence-electron chi connectivity index (χ0n) is 2.79. The van der Waals surface area contributed by atoms with Gasteiger partial charge in [-0.15, -0.1) is 0 Å². The molecule has 0 amide bonds. The molecule has 1 nitrogen and oxygen atoms in total. The van der Waals surface area contributed by atoms with Crippen molar-refractivity contribution >= 4 is 0 Å². The average molecular weight is 295 g/mol. The third kappa shape index (κ3) is 18.2. The maximum Gasteiger partial charge on any atom is 5.00 e. The predicted octanol–water partition coefficient (Wildman–Crippen LogP) is -3.12. The smallest absolute Gasteiger partial charge is 2.00 e. The maximum atomic E-state index is 0. The molecule has 16 valence electrons. The Morgan fingerprint density at radius 3 is 1.00 bits per heavy atom. The second kappa shape index (κ2) is 25.1. The summed E-state index contributed by atoms with van der Waals surface area (Å²) in [6.45, 7) is 0. The average Bonchev–Trinajstić information content (AvgIpc) is 0. The van der Waals surface area contributed by atoms with Crippen molar-refractivity contribution in [1.82, 2.24) is 0 Å². The molecule has 0 saturated heterocycles. The van der Waals surface area contributed by atoms with Gasteiger partial charge in [0, 0.05) is 37.7 Å². The zero-order valence-corrected chi connectivity index (χ0v) is 9.32. The molecular formula is ArLaLiNbO+7. The van der Waals surface area contributed by atoms with Gasteiger partial charge in [-0.3, -0.25) is 0 Å². The Kier molecular flexibility index (Phi) is 188. The van der Waals surface area contributed by atoms with Crippen LogP contribution in [0.25, 0.3) is 0 Å². The quantitative estimate of drug-likeness (QED) is 0.423. The minimum absolute atomic E-state index is 0. The van der Waals surface area contributed by atoms with Crippen molar-refractivity contribution in [3.05, 3.63) is 0 Å². The van der Waals surface area contributed by atoms with Crippen molar-refractivity contribution in [3.63, 3.8) is 0 Å². The van der Waals surface area contributed by atoms with Crippen LogP contribution < -0.4 is 18.9 Å². The summed E-state index contributed by atoms with van der Waals surface area (Å²) in [5, 5.41) is 0. The van der Waals surface area contributed by atoms with Gasteiger partial charge in [0.2, 0.25) is 0 Å². The van der Waals surface area contributed by atoms with E-state index in [1.54, 1.807) is 0 Å². The summed E-state index contributed by atoms with van der Waals surface area (Å²) >= 11 is 0.